The number of aryl methyl sites for hydroxylation is 2. The molecule has 0 aliphatic rings. The fourth-order valence-corrected chi connectivity index (χ4v) is 3.42. The lowest BCUT2D eigenvalue weighted by Crippen LogP contribution is -2.25. The predicted octanol–water partition coefficient (Wildman–Crippen LogP) is 2.33. The molecule has 0 saturated carbocycles. The lowest BCUT2D eigenvalue weighted by atomic mass is 10.2. The Morgan fingerprint density at radius 2 is 2.22 bits per heavy atom. The normalized spacial score (nSPS) is 11.1. The van der Waals surface area contributed by atoms with Crippen LogP contribution in [0.5, 0.6) is 0 Å². The Labute approximate surface area is 139 Å². The Morgan fingerprint density at radius 1 is 1.43 bits per heavy atom. The smallest absolute Gasteiger partial charge is 0.262 e. The van der Waals surface area contributed by atoms with Gasteiger partial charge in [-0.2, -0.15) is 0 Å². The van der Waals surface area contributed by atoms with E-state index in [1.807, 2.05) is 6.92 Å². The third kappa shape index (κ3) is 3.97. The average molecular weight is 337 g/mol. The van der Waals surface area contributed by atoms with Crippen molar-refractivity contribution in [1.29, 1.82) is 0 Å². The molecule has 6 nitrogen and oxygen atoms in total. The molecule has 2 aromatic heterocycles. The zero-order chi connectivity index (χ0) is 16.8. The number of ether oxygens (including phenoxy) is 1. The number of fused-ring (bicyclic) bond motifs is 1. The summed E-state index contributed by atoms with van der Waals surface area (Å²) in [6.45, 7) is 5.71. The second-order valence-electron chi connectivity index (χ2n) is 5.44. The molecular formula is C16H23N3O3S. The Bertz CT molecular complexity index is 736. The summed E-state index contributed by atoms with van der Waals surface area (Å²) in [4.78, 5) is 30.4. The summed E-state index contributed by atoms with van der Waals surface area (Å²) in [5, 5.41) is 3.42. The number of carbonyl (C=O) groups is 1. The SMILES string of the molecule is CCCCn1cnc2sc(C(=O)NCCCOC)c(C)c2c1=O. The van der Waals surface area contributed by atoms with Crippen LogP contribution in [0.1, 0.15) is 41.4 Å². The fourth-order valence-electron chi connectivity index (χ4n) is 2.36. The molecule has 0 aliphatic carbocycles. The van der Waals surface area contributed by atoms with Crippen molar-refractivity contribution in [2.24, 2.45) is 0 Å². The van der Waals surface area contributed by atoms with Gasteiger partial charge in [-0.05, 0) is 25.3 Å². The Morgan fingerprint density at radius 3 is 2.91 bits per heavy atom. The molecule has 2 rings (SSSR count). The molecule has 2 heterocycles. The van der Waals surface area contributed by atoms with E-state index in [1.54, 1.807) is 18.0 Å². The van der Waals surface area contributed by atoms with Gasteiger partial charge in [0.2, 0.25) is 0 Å². The van der Waals surface area contributed by atoms with Crippen LogP contribution < -0.4 is 10.9 Å². The van der Waals surface area contributed by atoms with Gasteiger partial charge in [0.25, 0.3) is 11.5 Å². The highest BCUT2D eigenvalue weighted by Crippen LogP contribution is 2.26. The van der Waals surface area contributed by atoms with Crippen molar-refractivity contribution in [2.45, 2.75) is 39.7 Å². The van der Waals surface area contributed by atoms with Crippen molar-refractivity contribution in [2.75, 3.05) is 20.3 Å². The number of aromatic nitrogens is 2. The molecule has 0 aromatic carbocycles. The number of amides is 1. The van der Waals surface area contributed by atoms with Gasteiger partial charge in [0.05, 0.1) is 16.6 Å². The number of thiophene rings is 1. The predicted molar refractivity (Wildman–Crippen MR) is 92.4 cm³/mol. The molecule has 0 fully saturated rings. The summed E-state index contributed by atoms with van der Waals surface area (Å²) in [6, 6.07) is 0. The van der Waals surface area contributed by atoms with Crippen molar-refractivity contribution in [3.8, 4) is 0 Å². The Kier molecular flexibility index (Phi) is 6.29. The number of nitrogens with zero attached hydrogens (tertiary/aromatic N) is 2. The zero-order valence-corrected chi connectivity index (χ0v) is 14.7. The number of hydrogen-bond donors (Lipinski definition) is 1. The first kappa shape index (κ1) is 17.6. The molecule has 1 N–H and O–H groups in total. The van der Waals surface area contributed by atoms with Crippen molar-refractivity contribution < 1.29 is 9.53 Å². The molecule has 0 aliphatic heterocycles. The third-order valence-electron chi connectivity index (χ3n) is 3.69. The molecule has 7 heteroatoms. The van der Waals surface area contributed by atoms with E-state index < -0.39 is 0 Å². The van der Waals surface area contributed by atoms with Crippen molar-refractivity contribution in [3.05, 3.63) is 27.1 Å². The van der Waals surface area contributed by atoms with Gasteiger partial charge in [-0.1, -0.05) is 13.3 Å². The second-order valence-corrected chi connectivity index (χ2v) is 6.43. The van der Waals surface area contributed by atoms with Crippen molar-refractivity contribution in [3.63, 3.8) is 0 Å². The third-order valence-corrected chi connectivity index (χ3v) is 4.89. The molecule has 23 heavy (non-hydrogen) atoms. The summed E-state index contributed by atoms with van der Waals surface area (Å²) >= 11 is 1.27. The molecule has 0 unspecified atom stereocenters. The van der Waals surface area contributed by atoms with E-state index in [1.165, 1.54) is 11.3 Å². The zero-order valence-electron chi connectivity index (χ0n) is 13.8. The van der Waals surface area contributed by atoms with Crippen LogP contribution in [0.4, 0.5) is 0 Å². The number of nitrogens with one attached hydrogen (secondary N) is 1. The van der Waals surface area contributed by atoms with E-state index in [4.69, 9.17) is 4.74 Å². The molecule has 1 amide bonds. The molecular weight excluding hydrogens is 314 g/mol. The highest BCUT2D eigenvalue weighted by atomic mass is 32.1. The minimum Gasteiger partial charge on any atom is -0.385 e. The molecule has 126 valence electrons. The van der Waals surface area contributed by atoms with Crippen LogP contribution >= 0.6 is 11.3 Å². The highest BCUT2D eigenvalue weighted by Gasteiger charge is 2.19. The average Bonchev–Trinajstić information content (AvgIpc) is 2.88. The number of methoxy groups -OCH3 is 1. The van der Waals surface area contributed by atoms with Crippen LogP contribution in [-0.4, -0.2) is 35.7 Å². The molecule has 0 spiro atoms. The maximum atomic E-state index is 12.6. The van der Waals surface area contributed by atoms with Crippen LogP contribution in [0.25, 0.3) is 10.2 Å². The van der Waals surface area contributed by atoms with E-state index in [9.17, 15) is 9.59 Å². The van der Waals surface area contributed by atoms with Crippen LogP contribution in [0.3, 0.4) is 0 Å². The standard InChI is InChI=1S/C16H23N3O3S/c1-4-5-8-19-10-18-15-12(16(19)21)11(2)13(23-15)14(20)17-7-6-9-22-3/h10H,4-9H2,1-3H3,(H,17,20). The van der Waals surface area contributed by atoms with Crippen LogP contribution in [0.15, 0.2) is 11.1 Å². The summed E-state index contributed by atoms with van der Waals surface area (Å²) in [6.07, 6.45) is 4.29. The van der Waals surface area contributed by atoms with E-state index >= 15 is 0 Å². The van der Waals surface area contributed by atoms with Gasteiger partial charge in [-0.25, -0.2) is 4.98 Å². The number of rotatable bonds is 8. The first-order valence-electron chi connectivity index (χ1n) is 7.85. The quantitative estimate of drug-likeness (QED) is 0.750. The van der Waals surface area contributed by atoms with Crippen molar-refractivity contribution in [1.82, 2.24) is 14.9 Å². The molecule has 0 saturated heterocycles. The van der Waals surface area contributed by atoms with Gasteiger partial charge in [0, 0.05) is 26.8 Å². The summed E-state index contributed by atoms with van der Waals surface area (Å²) in [7, 11) is 1.63. The van der Waals surface area contributed by atoms with Crippen LogP contribution in [-0.2, 0) is 11.3 Å². The van der Waals surface area contributed by atoms with Gasteiger partial charge in [-0.3, -0.25) is 14.2 Å². The molecule has 0 bridgehead atoms. The minimum atomic E-state index is -0.152. The lowest BCUT2D eigenvalue weighted by Gasteiger charge is -2.04. The Balaban J connectivity index is 2.26. The van der Waals surface area contributed by atoms with Crippen LogP contribution in [0, 0.1) is 6.92 Å². The monoisotopic (exact) mass is 337 g/mol. The van der Waals surface area contributed by atoms with E-state index in [0.29, 0.717) is 34.8 Å². The topological polar surface area (TPSA) is 73.2 Å². The molecule has 0 radical (unpaired) electrons. The lowest BCUT2D eigenvalue weighted by molar-refractivity contribution is 0.0952. The maximum Gasteiger partial charge on any atom is 0.262 e. The molecule has 2 aromatic rings. The number of hydrogen-bond acceptors (Lipinski definition) is 5. The van der Waals surface area contributed by atoms with Crippen LogP contribution in [0.2, 0.25) is 0 Å². The highest BCUT2D eigenvalue weighted by molar-refractivity contribution is 7.20. The fraction of sp³-hybridized carbons (Fsp3) is 0.562. The maximum absolute atomic E-state index is 12.6. The largest absolute Gasteiger partial charge is 0.385 e. The first-order chi connectivity index (χ1) is 11.1. The summed E-state index contributed by atoms with van der Waals surface area (Å²) < 4.78 is 6.59. The number of unbranched alkanes of at least 4 members (excludes halogenated alkanes) is 1. The van der Waals surface area contributed by atoms with E-state index in [2.05, 4.69) is 17.2 Å². The summed E-state index contributed by atoms with van der Waals surface area (Å²) in [5.41, 5.74) is 0.660. The van der Waals surface area contributed by atoms with Crippen molar-refractivity contribution >= 4 is 27.5 Å². The second kappa shape index (κ2) is 8.21. The van der Waals surface area contributed by atoms with E-state index in [-0.39, 0.29) is 11.5 Å². The number of carbonyl (C=O) groups excluding carboxylic acids is 1. The van der Waals surface area contributed by atoms with E-state index in [0.717, 1.165) is 24.8 Å². The minimum absolute atomic E-state index is 0.0596. The van der Waals surface area contributed by atoms with Gasteiger partial charge in [0.1, 0.15) is 4.83 Å². The Hall–Kier alpha value is -1.73. The summed E-state index contributed by atoms with van der Waals surface area (Å²) in [5.74, 6) is -0.152. The molecule has 0 atom stereocenters. The van der Waals surface area contributed by atoms with Gasteiger partial charge < -0.3 is 10.1 Å². The van der Waals surface area contributed by atoms with Gasteiger partial charge in [0.15, 0.2) is 0 Å². The van der Waals surface area contributed by atoms with Gasteiger partial charge >= 0.3 is 0 Å². The van der Waals surface area contributed by atoms with Gasteiger partial charge in [-0.15, -0.1) is 11.3 Å². The first-order valence-corrected chi connectivity index (χ1v) is 8.67.